The molecule has 1 aliphatic rings. The quantitative estimate of drug-likeness (QED) is 0.854. The number of nitrogens with zero attached hydrogens (tertiary/aromatic N) is 2. The first kappa shape index (κ1) is 15.1. The molecule has 1 saturated heterocycles. The number of hydrogen-bond donors (Lipinski definition) is 1. The number of carbonyl (C=O) groups excluding carboxylic acids is 1. The second-order valence-electron chi connectivity index (χ2n) is 5.60. The fourth-order valence-corrected chi connectivity index (χ4v) is 2.69. The number of aryl methyl sites for hydroxylation is 1. The van der Waals surface area contributed by atoms with E-state index in [-0.39, 0.29) is 11.9 Å². The van der Waals surface area contributed by atoms with Crippen molar-refractivity contribution in [2.75, 3.05) is 26.7 Å². The van der Waals surface area contributed by atoms with Gasteiger partial charge in [0.15, 0.2) is 0 Å². The number of likely N-dealkylation sites (N-methyl/N-ethyl adjacent to an activating group) is 1. The molecule has 2 rings (SSSR count). The monoisotopic (exact) mass is 279 g/mol. The van der Waals surface area contributed by atoms with E-state index in [0.717, 1.165) is 43.8 Å². The van der Waals surface area contributed by atoms with E-state index in [1.54, 1.807) is 6.26 Å². The van der Waals surface area contributed by atoms with Gasteiger partial charge in [-0.05, 0) is 32.9 Å². The minimum Gasteiger partial charge on any atom is -0.469 e. The van der Waals surface area contributed by atoms with Crippen molar-refractivity contribution < 1.29 is 9.21 Å². The Kier molecular flexibility index (Phi) is 5.20. The third kappa shape index (κ3) is 3.61. The fourth-order valence-electron chi connectivity index (χ4n) is 2.69. The van der Waals surface area contributed by atoms with E-state index in [1.807, 2.05) is 24.9 Å². The van der Waals surface area contributed by atoms with E-state index in [1.165, 1.54) is 0 Å². The van der Waals surface area contributed by atoms with Crippen molar-refractivity contribution in [1.29, 1.82) is 0 Å². The Balaban J connectivity index is 1.90. The molecule has 0 aromatic carbocycles. The molecule has 5 heteroatoms. The van der Waals surface area contributed by atoms with Crippen molar-refractivity contribution in [2.45, 2.75) is 38.8 Å². The van der Waals surface area contributed by atoms with E-state index in [0.29, 0.717) is 13.0 Å². The summed E-state index contributed by atoms with van der Waals surface area (Å²) in [5.41, 5.74) is 7.00. The highest BCUT2D eigenvalue weighted by Gasteiger charge is 2.23. The van der Waals surface area contributed by atoms with E-state index < -0.39 is 0 Å². The predicted molar refractivity (Wildman–Crippen MR) is 78.2 cm³/mol. The van der Waals surface area contributed by atoms with Crippen LogP contribution in [0.5, 0.6) is 0 Å². The molecule has 1 amide bonds. The van der Waals surface area contributed by atoms with Crippen molar-refractivity contribution in [3.63, 3.8) is 0 Å². The van der Waals surface area contributed by atoms with Gasteiger partial charge in [0, 0.05) is 44.2 Å². The molecule has 1 unspecified atom stereocenters. The van der Waals surface area contributed by atoms with Crippen LogP contribution in [0.4, 0.5) is 0 Å². The Hall–Kier alpha value is -1.33. The molecule has 0 radical (unpaired) electrons. The minimum absolute atomic E-state index is 0.0809. The highest BCUT2D eigenvalue weighted by atomic mass is 16.3. The minimum atomic E-state index is 0.0809. The van der Waals surface area contributed by atoms with Crippen LogP contribution in [0.25, 0.3) is 0 Å². The standard InChI is InChI=1S/C15H25N3O2/c1-12-13(5-8-20-12)11-17(2)14(10-16)9-15(19)18-6-3-4-7-18/h5,8,14H,3-4,6-7,9-11,16H2,1-2H3. The Morgan fingerprint density at radius 1 is 1.50 bits per heavy atom. The molecule has 1 aromatic heterocycles. The van der Waals surface area contributed by atoms with Crippen molar-refractivity contribution in [2.24, 2.45) is 5.73 Å². The van der Waals surface area contributed by atoms with Gasteiger partial charge in [-0.15, -0.1) is 0 Å². The molecule has 112 valence electrons. The van der Waals surface area contributed by atoms with E-state index in [4.69, 9.17) is 10.2 Å². The first-order valence-electron chi connectivity index (χ1n) is 7.33. The summed E-state index contributed by atoms with van der Waals surface area (Å²) in [6.07, 6.45) is 4.46. The van der Waals surface area contributed by atoms with Crippen LogP contribution < -0.4 is 5.73 Å². The lowest BCUT2D eigenvalue weighted by Crippen LogP contribution is -2.42. The average Bonchev–Trinajstić information content (AvgIpc) is 3.08. The van der Waals surface area contributed by atoms with Crippen LogP contribution >= 0.6 is 0 Å². The van der Waals surface area contributed by atoms with Crippen molar-refractivity contribution in [3.8, 4) is 0 Å². The van der Waals surface area contributed by atoms with Crippen LogP contribution in [0.3, 0.4) is 0 Å². The fraction of sp³-hybridized carbons (Fsp3) is 0.667. The van der Waals surface area contributed by atoms with E-state index in [9.17, 15) is 4.79 Å². The SMILES string of the molecule is Cc1occc1CN(C)C(CN)CC(=O)N1CCCC1. The number of rotatable bonds is 6. The lowest BCUT2D eigenvalue weighted by atomic mass is 10.1. The zero-order chi connectivity index (χ0) is 14.5. The molecular weight excluding hydrogens is 254 g/mol. The van der Waals surface area contributed by atoms with E-state index in [2.05, 4.69) is 4.90 Å². The molecule has 1 atom stereocenters. The Morgan fingerprint density at radius 2 is 2.20 bits per heavy atom. The molecule has 20 heavy (non-hydrogen) atoms. The van der Waals surface area contributed by atoms with Crippen molar-refractivity contribution in [1.82, 2.24) is 9.80 Å². The summed E-state index contributed by atoms with van der Waals surface area (Å²) >= 11 is 0. The predicted octanol–water partition coefficient (Wildman–Crippen LogP) is 1.36. The van der Waals surface area contributed by atoms with Gasteiger partial charge in [-0.25, -0.2) is 0 Å². The van der Waals surface area contributed by atoms with Gasteiger partial charge < -0.3 is 15.1 Å². The Bertz CT molecular complexity index is 438. The summed E-state index contributed by atoms with van der Waals surface area (Å²) in [4.78, 5) is 16.3. The number of hydrogen-bond acceptors (Lipinski definition) is 4. The number of carbonyl (C=O) groups is 1. The van der Waals surface area contributed by atoms with Crippen molar-refractivity contribution >= 4 is 5.91 Å². The van der Waals surface area contributed by atoms with Crippen LogP contribution in [0, 0.1) is 6.92 Å². The second-order valence-corrected chi connectivity index (χ2v) is 5.60. The third-order valence-electron chi connectivity index (χ3n) is 4.15. The molecule has 5 nitrogen and oxygen atoms in total. The smallest absolute Gasteiger partial charge is 0.224 e. The largest absolute Gasteiger partial charge is 0.469 e. The molecule has 0 saturated carbocycles. The number of likely N-dealkylation sites (tertiary alicyclic amines) is 1. The molecule has 1 aromatic rings. The van der Waals surface area contributed by atoms with Crippen LogP contribution in [0.15, 0.2) is 16.7 Å². The van der Waals surface area contributed by atoms with Gasteiger partial charge in [0.25, 0.3) is 0 Å². The average molecular weight is 279 g/mol. The number of nitrogens with two attached hydrogens (primary N) is 1. The summed E-state index contributed by atoms with van der Waals surface area (Å²) in [5, 5.41) is 0. The maximum Gasteiger partial charge on any atom is 0.224 e. The molecular formula is C15H25N3O2. The zero-order valence-corrected chi connectivity index (χ0v) is 12.5. The molecule has 1 fully saturated rings. The Morgan fingerprint density at radius 3 is 2.75 bits per heavy atom. The summed E-state index contributed by atoms with van der Waals surface area (Å²) in [7, 11) is 2.02. The van der Waals surface area contributed by atoms with Gasteiger partial charge in [0.2, 0.25) is 5.91 Å². The maximum absolute atomic E-state index is 12.2. The maximum atomic E-state index is 12.2. The van der Waals surface area contributed by atoms with Crippen LogP contribution in [0.1, 0.15) is 30.6 Å². The number of furan rings is 1. The summed E-state index contributed by atoms with van der Waals surface area (Å²) in [5.74, 6) is 1.16. The van der Waals surface area contributed by atoms with E-state index >= 15 is 0 Å². The molecule has 2 heterocycles. The highest BCUT2D eigenvalue weighted by molar-refractivity contribution is 5.77. The zero-order valence-electron chi connectivity index (χ0n) is 12.5. The van der Waals surface area contributed by atoms with Crippen molar-refractivity contribution in [3.05, 3.63) is 23.7 Å². The summed E-state index contributed by atoms with van der Waals surface area (Å²) in [6, 6.07) is 2.05. The molecule has 0 aliphatic carbocycles. The van der Waals surface area contributed by atoms with Gasteiger partial charge in [0.1, 0.15) is 5.76 Å². The van der Waals surface area contributed by atoms with Gasteiger partial charge in [-0.3, -0.25) is 9.69 Å². The van der Waals surface area contributed by atoms with Crippen LogP contribution in [-0.4, -0.2) is 48.4 Å². The number of amides is 1. The molecule has 2 N–H and O–H groups in total. The summed E-state index contributed by atoms with van der Waals surface area (Å²) < 4.78 is 5.31. The Labute approximate surface area is 120 Å². The lowest BCUT2D eigenvalue weighted by Gasteiger charge is -2.28. The highest BCUT2D eigenvalue weighted by Crippen LogP contribution is 2.15. The first-order chi connectivity index (χ1) is 9.61. The summed E-state index contributed by atoms with van der Waals surface area (Å²) in [6.45, 7) is 5.02. The van der Waals surface area contributed by atoms with Crippen LogP contribution in [-0.2, 0) is 11.3 Å². The lowest BCUT2D eigenvalue weighted by molar-refractivity contribution is -0.131. The first-order valence-corrected chi connectivity index (χ1v) is 7.33. The topological polar surface area (TPSA) is 62.7 Å². The second kappa shape index (κ2) is 6.90. The molecule has 0 bridgehead atoms. The van der Waals surface area contributed by atoms with Gasteiger partial charge in [-0.2, -0.15) is 0 Å². The molecule has 0 spiro atoms. The van der Waals surface area contributed by atoms with Gasteiger partial charge in [-0.1, -0.05) is 0 Å². The normalized spacial score (nSPS) is 16.9. The van der Waals surface area contributed by atoms with Crippen LogP contribution in [0.2, 0.25) is 0 Å². The third-order valence-corrected chi connectivity index (χ3v) is 4.15. The van der Waals surface area contributed by atoms with Gasteiger partial charge in [0.05, 0.1) is 6.26 Å². The van der Waals surface area contributed by atoms with Gasteiger partial charge >= 0.3 is 0 Å². The molecule has 1 aliphatic heterocycles.